The van der Waals surface area contributed by atoms with Gasteiger partial charge in [0, 0.05) is 16.7 Å². The van der Waals surface area contributed by atoms with Crippen LogP contribution in [0.3, 0.4) is 0 Å². The number of hydrogen-bond acceptors (Lipinski definition) is 6. The van der Waals surface area contributed by atoms with Crippen LogP contribution < -0.4 is 4.18 Å². The Morgan fingerprint density at radius 3 is 1.87 bits per heavy atom. The predicted octanol–water partition coefficient (Wildman–Crippen LogP) is 10.5. The fourth-order valence-electron chi connectivity index (χ4n) is 5.99. The van der Waals surface area contributed by atoms with Gasteiger partial charge in [-0.2, -0.15) is 39.2 Å². The summed E-state index contributed by atoms with van der Waals surface area (Å²) in [5.74, 6) is -6.77. The van der Waals surface area contributed by atoms with E-state index in [1.165, 1.54) is 11.6 Å². The van der Waals surface area contributed by atoms with Crippen LogP contribution in [0.1, 0.15) is 18.1 Å². The second-order valence-electron chi connectivity index (χ2n) is 12.6. The molecule has 0 saturated carbocycles. The number of halogens is 8. The molecular formula is C39H25F8N3O3S. The molecule has 1 atom stereocenters. The number of benzene rings is 5. The van der Waals surface area contributed by atoms with Crippen molar-refractivity contribution in [2.45, 2.75) is 36.4 Å². The molecule has 0 fully saturated rings. The Labute approximate surface area is 302 Å². The lowest BCUT2D eigenvalue weighted by molar-refractivity contribution is -0.330. The Morgan fingerprint density at radius 1 is 0.611 bits per heavy atom. The summed E-state index contributed by atoms with van der Waals surface area (Å²) in [7, 11) is -6.90. The maximum Gasteiger partial charge on any atom is 0.446 e. The topological polar surface area (TPSA) is 82.0 Å². The molecule has 1 aliphatic carbocycles. The van der Waals surface area contributed by atoms with E-state index in [4.69, 9.17) is 15.0 Å². The summed E-state index contributed by atoms with van der Waals surface area (Å²) in [6.45, 7) is -0.882. The molecule has 1 aliphatic rings. The quantitative estimate of drug-likeness (QED) is 0.108. The number of allylic oxidation sites excluding steroid dienone is 1. The molecule has 5 aromatic carbocycles. The Hall–Kier alpha value is -5.70. The van der Waals surface area contributed by atoms with Crippen molar-refractivity contribution in [3.63, 3.8) is 0 Å². The second kappa shape index (κ2) is 13.0. The molecule has 0 amide bonds. The predicted molar refractivity (Wildman–Crippen MR) is 187 cm³/mol. The van der Waals surface area contributed by atoms with Crippen molar-refractivity contribution in [1.29, 1.82) is 0 Å². The van der Waals surface area contributed by atoms with E-state index in [1.807, 2.05) is 60.7 Å². The number of aromatic nitrogens is 3. The van der Waals surface area contributed by atoms with Gasteiger partial charge >= 0.3 is 27.5 Å². The summed E-state index contributed by atoms with van der Waals surface area (Å²) in [6, 6.07) is 29.8. The van der Waals surface area contributed by atoms with Crippen molar-refractivity contribution in [3.8, 4) is 51.0 Å². The first-order chi connectivity index (χ1) is 25.4. The molecule has 6 nitrogen and oxygen atoms in total. The molecule has 276 valence electrons. The van der Waals surface area contributed by atoms with Crippen LogP contribution in [0.2, 0.25) is 0 Å². The lowest BCUT2D eigenvalue weighted by atomic mass is 9.91. The molecule has 0 aliphatic heterocycles. The Kier molecular flexibility index (Phi) is 8.83. The fraction of sp³-hybridized carbons (Fsp3) is 0.154. The van der Waals surface area contributed by atoms with E-state index >= 15 is 0 Å². The zero-order chi connectivity index (χ0) is 38.7. The monoisotopic (exact) mass is 767 g/mol. The minimum absolute atomic E-state index is 0.124. The van der Waals surface area contributed by atoms with Crippen LogP contribution in [-0.2, 0) is 16.5 Å². The summed E-state index contributed by atoms with van der Waals surface area (Å²) in [4.78, 5) is 14.3. The van der Waals surface area contributed by atoms with Gasteiger partial charge in [-0.15, -0.1) is 0 Å². The van der Waals surface area contributed by atoms with Crippen molar-refractivity contribution in [1.82, 2.24) is 15.0 Å². The van der Waals surface area contributed by atoms with Gasteiger partial charge in [-0.05, 0) is 76.7 Å². The number of hydrogen-bond donors (Lipinski definition) is 0. The lowest BCUT2D eigenvalue weighted by Crippen LogP contribution is -2.64. The van der Waals surface area contributed by atoms with Crippen LogP contribution in [0.15, 0.2) is 115 Å². The SMILES string of the molecule is CC(F)(C(F)(F)F)C(F)(F)C(F)(F)S(=O)(=O)Oc1cccc(-c2cccc(-c3nc(-c4ccccc4)nc(-c4cc5c6c(cccc6c4)CC=C5)n3)c2)c1. The third-order valence-electron chi connectivity index (χ3n) is 8.95. The summed E-state index contributed by atoms with van der Waals surface area (Å²) in [5, 5.41) is -4.50. The first-order valence-corrected chi connectivity index (χ1v) is 17.5. The van der Waals surface area contributed by atoms with E-state index in [-0.39, 0.29) is 11.4 Å². The molecule has 6 aromatic rings. The van der Waals surface area contributed by atoms with Crippen LogP contribution in [0.5, 0.6) is 5.75 Å². The number of rotatable bonds is 9. The first kappa shape index (κ1) is 36.6. The summed E-state index contributed by atoms with van der Waals surface area (Å²) in [5.41, 5.74) is -1.43. The Morgan fingerprint density at radius 2 is 1.19 bits per heavy atom. The molecule has 0 saturated heterocycles. The van der Waals surface area contributed by atoms with E-state index in [1.54, 1.807) is 24.3 Å². The average molecular weight is 768 g/mol. The molecular weight excluding hydrogens is 742 g/mol. The molecule has 1 aromatic heterocycles. The van der Waals surface area contributed by atoms with E-state index in [2.05, 4.69) is 16.3 Å². The Balaban J connectivity index is 1.26. The molecule has 1 heterocycles. The molecule has 54 heavy (non-hydrogen) atoms. The van der Waals surface area contributed by atoms with Gasteiger partial charge in [-0.1, -0.05) is 91.0 Å². The van der Waals surface area contributed by atoms with Crippen molar-refractivity contribution >= 4 is 27.0 Å². The highest BCUT2D eigenvalue weighted by Crippen LogP contribution is 2.54. The first-order valence-electron chi connectivity index (χ1n) is 16.1. The van der Waals surface area contributed by atoms with Gasteiger partial charge in [-0.25, -0.2) is 19.3 Å². The van der Waals surface area contributed by atoms with Gasteiger partial charge in [0.1, 0.15) is 5.75 Å². The average Bonchev–Trinajstić information content (AvgIpc) is 3.14. The van der Waals surface area contributed by atoms with Gasteiger partial charge in [0.25, 0.3) is 5.67 Å². The minimum atomic E-state index is -6.90. The summed E-state index contributed by atoms with van der Waals surface area (Å²) >= 11 is 0. The molecule has 0 radical (unpaired) electrons. The highest BCUT2D eigenvalue weighted by atomic mass is 32.2. The highest BCUT2D eigenvalue weighted by molar-refractivity contribution is 7.88. The molecule has 0 spiro atoms. The molecule has 0 bridgehead atoms. The van der Waals surface area contributed by atoms with Crippen LogP contribution in [-0.4, -0.2) is 46.4 Å². The van der Waals surface area contributed by atoms with Crippen LogP contribution >= 0.6 is 0 Å². The van der Waals surface area contributed by atoms with Gasteiger partial charge in [0.05, 0.1) is 0 Å². The van der Waals surface area contributed by atoms with Gasteiger partial charge in [-0.3, -0.25) is 0 Å². The van der Waals surface area contributed by atoms with E-state index in [0.717, 1.165) is 46.5 Å². The van der Waals surface area contributed by atoms with E-state index in [0.29, 0.717) is 28.3 Å². The van der Waals surface area contributed by atoms with Gasteiger partial charge < -0.3 is 4.18 Å². The van der Waals surface area contributed by atoms with Gasteiger partial charge in [0.2, 0.25) is 0 Å². The van der Waals surface area contributed by atoms with Crippen molar-refractivity contribution < 1.29 is 47.7 Å². The second-order valence-corrected chi connectivity index (χ2v) is 14.2. The zero-order valence-electron chi connectivity index (χ0n) is 27.8. The van der Waals surface area contributed by atoms with E-state index < -0.39 is 45.8 Å². The zero-order valence-corrected chi connectivity index (χ0v) is 28.6. The maximum absolute atomic E-state index is 14.6. The molecule has 0 N–H and O–H groups in total. The maximum atomic E-state index is 14.6. The van der Waals surface area contributed by atoms with Crippen molar-refractivity contribution in [2.24, 2.45) is 0 Å². The lowest BCUT2D eigenvalue weighted by Gasteiger charge is -2.35. The molecule has 1 unspecified atom stereocenters. The third kappa shape index (κ3) is 6.25. The highest BCUT2D eigenvalue weighted by Gasteiger charge is 2.82. The van der Waals surface area contributed by atoms with Gasteiger partial charge in [0.15, 0.2) is 17.5 Å². The van der Waals surface area contributed by atoms with Crippen molar-refractivity contribution in [2.75, 3.05) is 0 Å². The van der Waals surface area contributed by atoms with Crippen LogP contribution in [0.4, 0.5) is 35.1 Å². The fourth-order valence-corrected chi connectivity index (χ4v) is 6.96. The standard InChI is InChI=1S/C39H25F8N3O3S/c1-36(40,38(43,44)45)37(41,42)39(46,47)54(51,52)53-31-18-8-14-26(22-31)25-13-7-17-29(19-25)34-48-33(24-9-3-2-4-10-24)49-35(50-34)30-20-27-15-5-11-23-12-6-16-28(21-30)32(23)27/h2-11,13-22H,12H2,1H3. The third-order valence-corrected chi connectivity index (χ3v) is 10.2. The summed E-state index contributed by atoms with van der Waals surface area (Å²) < 4.78 is 140. The summed E-state index contributed by atoms with van der Waals surface area (Å²) in [6.07, 6.45) is -1.63. The molecule has 7 rings (SSSR count). The van der Waals surface area contributed by atoms with Crippen LogP contribution in [0, 0.1) is 0 Å². The smallest absolute Gasteiger partial charge is 0.378 e. The number of nitrogens with zero attached hydrogens (tertiary/aromatic N) is 3. The largest absolute Gasteiger partial charge is 0.446 e. The van der Waals surface area contributed by atoms with Crippen LogP contribution in [0.25, 0.3) is 62.1 Å². The van der Waals surface area contributed by atoms with E-state index in [9.17, 15) is 43.5 Å². The Bertz CT molecular complexity index is 2560. The van der Waals surface area contributed by atoms with Crippen molar-refractivity contribution in [3.05, 3.63) is 126 Å². The molecule has 15 heteroatoms. The normalized spacial score (nSPS) is 14.5. The number of alkyl halides is 8. The minimum Gasteiger partial charge on any atom is -0.378 e.